The highest BCUT2D eigenvalue weighted by Crippen LogP contribution is 3.04. The lowest BCUT2D eigenvalue weighted by Gasteiger charge is -2.38. The Hall–Kier alpha value is -0.0400. The fourth-order valence-electron chi connectivity index (χ4n) is 16.0. The normalized spacial score (nSPS) is 103. The van der Waals surface area contributed by atoms with Crippen LogP contribution in [0.3, 0.4) is 0 Å². The van der Waals surface area contributed by atoms with Crippen LogP contribution in [-0.2, 0) is 0 Å². The van der Waals surface area contributed by atoms with E-state index in [4.69, 9.17) is 0 Å². The smallest absolute Gasteiger partial charge is 0.0496 e. The molecule has 0 aliphatic heterocycles. The molecule has 1 N–H and O–H groups in total. The van der Waals surface area contributed by atoms with Crippen LogP contribution in [0.4, 0.5) is 0 Å². The van der Waals surface area contributed by atoms with Gasteiger partial charge in [-0.3, -0.25) is 0 Å². The molecule has 0 bridgehead atoms. The Morgan fingerprint density at radius 1 is 0.409 bits per heavy atom. The highest BCUT2D eigenvalue weighted by molar-refractivity contribution is 5.47. The van der Waals surface area contributed by atoms with Crippen molar-refractivity contribution in [3.05, 3.63) is 0 Å². The topological polar surface area (TPSA) is 20.2 Å². The first kappa shape index (κ1) is 9.44. The molecular formula is C21H22O. The molecule has 1 nitrogen and oxygen atoms in total. The van der Waals surface area contributed by atoms with Gasteiger partial charge in [-0.15, -0.1) is 0 Å². The Balaban J connectivity index is 1.46. The highest BCUT2D eigenvalue weighted by atomic mass is 16.3. The Labute approximate surface area is 130 Å². The van der Waals surface area contributed by atoms with Crippen LogP contribution in [0.15, 0.2) is 0 Å². The molecule has 12 aliphatic carbocycles. The number of aliphatic hydroxyl groups excluding tert-OH is 1. The zero-order valence-electron chi connectivity index (χ0n) is 12.6. The minimum atomic E-state index is 0.498. The minimum absolute atomic E-state index is 0.498. The van der Waals surface area contributed by atoms with E-state index >= 15 is 0 Å². The predicted octanol–water partition coefficient (Wildman–Crippen LogP) is 1.82. The second-order valence-electron chi connectivity index (χ2n) is 12.1. The van der Waals surface area contributed by atoms with E-state index in [2.05, 4.69) is 0 Å². The van der Waals surface area contributed by atoms with Gasteiger partial charge in [0, 0.05) is 12.0 Å². The van der Waals surface area contributed by atoms with Gasteiger partial charge in [0.15, 0.2) is 0 Å². The second-order valence-corrected chi connectivity index (χ2v) is 12.1. The van der Waals surface area contributed by atoms with Crippen molar-refractivity contribution in [1.29, 1.82) is 0 Å². The SMILES string of the molecule is OCC12C3[C@@H]4[C@@H]5C6C7C8[C@@H]9[C@@H]6[C@@H]4C1[C@@H]9[C@@H]1C2[C@H]2[C@@H](C7[C@@H]5[C@@H]32)[C@H]81. The number of hydrogen-bond acceptors (Lipinski definition) is 1. The van der Waals surface area contributed by atoms with E-state index < -0.39 is 0 Å². The maximum atomic E-state index is 10.8. The molecule has 0 saturated heterocycles. The monoisotopic (exact) mass is 290 g/mol. The first-order valence-corrected chi connectivity index (χ1v) is 10.5. The third-order valence-corrected chi connectivity index (χ3v) is 14.0. The molecule has 0 aromatic carbocycles. The Morgan fingerprint density at radius 2 is 0.636 bits per heavy atom. The van der Waals surface area contributed by atoms with Crippen LogP contribution in [0.2, 0.25) is 0 Å². The summed E-state index contributed by atoms with van der Waals surface area (Å²) < 4.78 is 0. The van der Waals surface area contributed by atoms with E-state index in [-0.39, 0.29) is 0 Å². The van der Waals surface area contributed by atoms with Crippen LogP contribution in [0, 0.1) is 118 Å². The summed E-state index contributed by atoms with van der Waals surface area (Å²) in [5, 5.41) is 10.8. The van der Waals surface area contributed by atoms with Gasteiger partial charge in [-0.1, -0.05) is 0 Å². The van der Waals surface area contributed by atoms with Crippen molar-refractivity contribution in [3.8, 4) is 0 Å². The van der Waals surface area contributed by atoms with E-state index in [1.54, 1.807) is 0 Å². The predicted molar refractivity (Wildman–Crippen MR) is 75.8 cm³/mol. The molecule has 12 saturated carbocycles. The molecule has 20 atom stereocenters. The van der Waals surface area contributed by atoms with Crippen LogP contribution >= 0.6 is 0 Å². The molecule has 0 heterocycles. The van der Waals surface area contributed by atoms with Gasteiger partial charge in [0.25, 0.3) is 0 Å². The molecule has 112 valence electrons. The fourth-order valence-corrected chi connectivity index (χ4v) is 16.0. The van der Waals surface area contributed by atoms with E-state index in [1.165, 1.54) is 59.2 Å². The molecule has 0 spiro atoms. The molecule has 1 heteroatoms. The summed E-state index contributed by atoms with van der Waals surface area (Å²) in [7, 11) is 0. The average molecular weight is 290 g/mol. The molecule has 0 amide bonds. The molecular weight excluding hydrogens is 268 g/mol. The minimum Gasteiger partial charge on any atom is -0.396 e. The van der Waals surface area contributed by atoms with Crippen LogP contribution in [-0.4, -0.2) is 11.7 Å². The highest BCUT2D eigenvalue weighted by Gasteiger charge is 3.01. The molecule has 0 aromatic rings. The second kappa shape index (κ2) is 2.04. The van der Waals surface area contributed by atoms with E-state index in [0.29, 0.717) is 12.0 Å². The average Bonchev–Trinajstić information content (AvgIpc) is 3.18. The molecule has 0 radical (unpaired) electrons. The zero-order valence-corrected chi connectivity index (χ0v) is 12.6. The third-order valence-electron chi connectivity index (χ3n) is 14.0. The van der Waals surface area contributed by atoms with Crippen molar-refractivity contribution in [2.75, 3.05) is 6.61 Å². The fraction of sp³-hybridized carbons (Fsp3) is 1.00. The molecule has 22 heavy (non-hydrogen) atoms. The molecule has 12 aliphatic rings. The van der Waals surface area contributed by atoms with Crippen LogP contribution in [0.5, 0.6) is 0 Å². The van der Waals surface area contributed by atoms with Crippen molar-refractivity contribution in [2.45, 2.75) is 0 Å². The summed E-state index contributed by atoms with van der Waals surface area (Å²) in [6, 6.07) is 0. The van der Waals surface area contributed by atoms with Gasteiger partial charge in [0.05, 0.1) is 0 Å². The zero-order chi connectivity index (χ0) is 13.2. The lowest BCUT2D eigenvalue weighted by molar-refractivity contribution is 0.0163. The van der Waals surface area contributed by atoms with Crippen molar-refractivity contribution in [2.24, 2.45) is 118 Å². The third kappa shape index (κ3) is 0.431. The summed E-state index contributed by atoms with van der Waals surface area (Å²) in [5.74, 6) is 22.2. The van der Waals surface area contributed by atoms with Gasteiger partial charge < -0.3 is 5.11 Å². The maximum Gasteiger partial charge on any atom is 0.0496 e. The van der Waals surface area contributed by atoms with E-state index in [1.807, 2.05) is 0 Å². The van der Waals surface area contributed by atoms with Gasteiger partial charge in [-0.25, -0.2) is 0 Å². The van der Waals surface area contributed by atoms with Gasteiger partial charge in [-0.2, -0.15) is 0 Å². The van der Waals surface area contributed by atoms with Crippen LogP contribution < -0.4 is 0 Å². The van der Waals surface area contributed by atoms with Crippen LogP contribution in [0.25, 0.3) is 0 Å². The van der Waals surface area contributed by atoms with Gasteiger partial charge >= 0.3 is 0 Å². The number of aliphatic hydroxyl groups is 1. The number of hydrogen-bond donors (Lipinski definition) is 1. The lowest BCUT2D eigenvalue weighted by Crippen LogP contribution is -2.39. The largest absolute Gasteiger partial charge is 0.396 e. The maximum absolute atomic E-state index is 10.8. The van der Waals surface area contributed by atoms with Gasteiger partial charge in [0.1, 0.15) is 0 Å². The molecule has 0 aromatic heterocycles. The molecule has 12 fully saturated rings. The Bertz CT molecular complexity index is 626. The lowest BCUT2D eigenvalue weighted by atomic mass is 9.67. The van der Waals surface area contributed by atoms with E-state index in [9.17, 15) is 5.11 Å². The Morgan fingerprint density at radius 3 is 0.864 bits per heavy atom. The summed E-state index contributed by atoms with van der Waals surface area (Å²) in [6.07, 6.45) is 0. The van der Waals surface area contributed by atoms with Crippen molar-refractivity contribution in [3.63, 3.8) is 0 Å². The molecule has 8 unspecified atom stereocenters. The first-order valence-electron chi connectivity index (χ1n) is 10.5. The van der Waals surface area contributed by atoms with Crippen molar-refractivity contribution in [1.82, 2.24) is 0 Å². The molecule has 12 rings (SSSR count). The van der Waals surface area contributed by atoms with Crippen LogP contribution in [0.1, 0.15) is 0 Å². The summed E-state index contributed by atoms with van der Waals surface area (Å²) in [6.45, 7) is 0.613. The summed E-state index contributed by atoms with van der Waals surface area (Å²) in [4.78, 5) is 0. The summed E-state index contributed by atoms with van der Waals surface area (Å²) in [5.41, 5.74) is 0.498. The quantitative estimate of drug-likeness (QED) is 0.781. The first-order chi connectivity index (χ1) is 10.9. The Kier molecular flexibility index (Phi) is 0.876. The standard InChI is InChI=1S/C21H22O/c22-1-21-18-12-6-3-2-4-8(6)14(18)16-10(4)11-5(2)9-7(3)13(12)19(21)15(9)17(11)20(16)21/h2-20,22H,1H2/t2?,3?,4?,5?,6-,7-,8-,9+,10+,11+,12-,13+,14+,15+,16-,17-,18?,19?,20?,21?/m0/s1. The van der Waals surface area contributed by atoms with Crippen molar-refractivity contribution < 1.29 is 5.11 Å². The van der Waals surface area contributed by atoms with Gasteiger partial charge in [0.2, 0.25) is 0 Å². The summed E-state index contributed by atoms with van der Waals surface area (Å²) >= 11 is 0. The van der Waals surface area contributed by atoms with E-state index in [0.717, 1.165) is 53.3 Å². The van der Waals surface area contributed by atoms with Crippen molar-refractivity contribution >= 4 is 0 Å². The van der Waals surface area contributed by atoms with Gasteiger partial charge in [-0.05, 0) is 112 Å². The number of rotatable bonds is 1.